The Morgan fingerprint density at radius 1 is 0.688 bits per heavy atom. The Kier molecular flexibility index (Phi) is 4.46. The summed E-state index contributed by atoms with van der Waals surface area (Å²) in [6.45, 7) is 0. The lowest BCUT2D eigenvalue weighted by Crippen LogP contribution is -2.08. The molecule has 0 fully saturated rings. The van der Waals surface area contributed by atoms with Crippen LogP contribution in [0.3, 0.4) is 0 Å². The lowest BCUT2D eigenvalue weighted by Gasteiger charge is -2.16. The topological polar surface area (TPSA) is 223 Å². The summed E-state index contributed by atoms with van der Waals surface area (Å²) in [6, 6.07) is 0.982. The zero-order chi connectivity index (χ0) is 23.2. The van der Waals surface area contributed by atoms with Gasteiger partial charge >= 0.3 is 17.1 Å². The maximum absolute atomic E-state index is 11.1. The SMILES string of the molecule is O=[N+]([O-])c1cnn(-c2cc(O)c(-n3cc([N+](=O)[O-])cn3)c(-n3cc([N+](=O)[O-])cn3)c2O)c1. The van der Waals surface area contributed by atoms with E-state index in [-0.39, 0.29) is 17.1 Å². The maximum Gasteiger partial charge on any atom is 0.307 e. The van der Waals surface area contributed by atoms with Crippen molar-refractivity contribution in [2.75, 3.05) is 0 Å². The van der Waals surface area contributed by atoms with Crippen molar-refractivity contribution in [3.05, 3.63) is 73.6 Å². The lowest BCUT2D eigenvalue weighted by molar-refractivity contribution is -0.385. The van der Waals surface area contributed by atoms with Crippen LogP contribution < -0.4 is 0 Å². The molecule has 0 saturated carbocycles. The molecule has 0 amide bonds. The van der Waals surface area contributed by atoms with Gasteiger partial charge in [-0.05, 0) is 0 Å². The number of nitrogens with zero attached hydrogens (tertiary/aromatic N) is 9. The highest BCUT2D eigenvalue weighted by Gasteiger charge is 2.26. The zero-order valence-corrected chi connectivity index (χ0v) is 15.4. The molecule has 0 aliphatic rings. The Balaban J connectivity index is 2.00. The van der Waals surface area contributed by atoms with Crippen LogP contribution in [0.1, 0.15) is 0 Å². The Morgan fingerprint density at radius 3 is 1.53 bits per heavy atom. The van der Waals surface area contributed by atoms with E-state index in [1.807, 2.05) is 0 Å². The number of phenols is 2. The number of aromatic hydroxyl groups is 2. The highest BCUT2D eigenvalue weighted by molar-refractivity contribution is 5.73. The molecule has 0 atom stereocenters. The molecule has 3 aromatic heterocycles. The number of rotatable bonds is 6. The van der Waals surface area contributed by atoms with Gasteiger partial charge in [-0.2, -0.15) is 15.3 Å². The van der Waals surface area contributed by atoms with E-state index in [1.165, 1.54) is 0 Å². The summed E-state index contributed by atoms with van der Waals surface area (Å²) in [4.78, 5) is 30.8. The molecule has 1 aromatic carbocycles. The average Bonchev–Trinajstić information content (AvgIpc) is 3.49. The highest BCUT2D eigenvalue weighted by Crippen LogP contribution is 2.41. The first kappa shape index (κ1) is 19.9. The molecule has 0 saturated heterocycles. The maximum atomic E-state index is 11.1. The molecule has 0 aliphatic heterocycles. The molecule has 17 heteroatoms. The van der Waals surface area contributed by atoms with E-state index < -0.39 is 43.3 Å². The largest absolute Gasteiger partial charge is 0.506 e. The first-order chi connectivity index (χ1) is 15.2. The summed E-state index contributed by atoms with van der Waals surface area (Å²) in [5, 5.41) is 65.9. The fraction of sp³-hybridized carbons (Fsp3) is 0. The number of nitro groups is 3. The van der Waals surface area contributed by atoms with Gasteiger partial charge in [0.25, 0.3) is 0 Å². The number of hydrogen-bond acceptors (Lipinski definition) is 11. The van der Waals surface area contributed by atoms with Crippen molar-refractivity contribution in [3.63, 3.8) is 0 Å². The third-order valence-corrected chi connectivity index (χ3v) is 4.25. The van der Waals surface area contributed by atoms with Gasteiger partial charge in [0.05, 0.1) is 14.8 Å². The van der Waals surface area contributed by atoms with Gasteiger partial charge in [-0.25, -0.2) is 14.0 Å². The molecule has 3 heterocycles. The fourth-order valence-corrected chi connectivity index (χ4v) is 2.84. The number of aromatic nitrogens is 6. The second-order valence-electron chi connectivity index (χ2n) is 6.16. The van der Waals surface area contributed by atoms with Crippen LogP contribution in [0.15, 0.2) is 43.2 Å². The van der Waals surface area contributed by atoms with E-state index >= 15 is 0 Å². The monoisotopic (exact) mass is 443 g/mol. The Labute approximate surface area is 174 Å². The molecule has 4 aromatic rings. The predicted octanol–water partition coefficient (Wildman–Crippen LogP) is 1.38. The van der Waals surface area contributed by atoms with Crippen molar-refractivity contribution in [1.82, 2.24) is 29.3 Å². The van der Waals surface area contributed by atoms with Crippen LogP contribution in [0, 0.1) is 30.3 Å². The predicted molar refractivity (Wildman–Crippen MR) is 101 cm³/mol. The molecule has 32 heavy (non-hydrogen) atoms. The van der Waals surface area contributed by atoms with Crippen LogP contribution in [0.5, 0.6) is 11.5 Å². The molecule has 4 rings (SSSR count). The highest BCUT2D eigenvalue weighted by atomic mass is 16.6. The quantitative estimate of drug-likeness (QED) is 0.246. The molecule has 0 aliphatic carbocycles. The zero-order valence-electron chi connectivity index (χ0n) is 15.4. The van der Waals surface area contributed by atoms with Gasteiger partial charge in [0.1, 0.15) is 60.0 Å². The van der Waals surface area contributed by atoms with Gasteiger partial charge in [-0.3, -0.25) is 30.3 Å². The molecule has 0 unspecified atom stereocenters. The van der Waals surface area contributed by atoms with E-state index in [4.69, 9.17) is 0 Å². The minimum absolute atomic E-state index is 0.242. The van der Waals surface area contributed by atoms with Gasteiger partial charge < -0.3 is 10.2 Å². The second kappa shape index (κ2) is 7.16. The smallest absolute Gasteiger partial charge is 0.307 e. The van der Waals surface area contributed by atoms with Crippen molar-refractivity contribution < 1.29 is 25.0 Å². The van der Waals surface area contributed by atoms with Crippen LogP contribution in [0.25, 0.3) is 17.1 Å². The molecular formula is C15H9N9O8. The number of phenolic OH excluding ortho intramolecular Hbond substituents is 2. The van der Waals surface area contributed by atoms with E-state index in [2.05, 4.69) is 15.3 Å². The normalized spacial score (nSPS) is 10.9. The standard InChI is InChI=1S/C15H9N9O8/c25-12-1-11(19-5-8(2-16-19)22(27)28)15(26)14(21-7-10(4-18-21)24(31)32)13(12)20-6-9(3-17-20)23(29)30/h1-7,25-26H. The minimum atomic E-state index is -0.750. The van der Waals surface area contributed by atoms with Crippen LogP contribution in [0.2, 0.25) is 0 Å². The van der Waals surface area contributed by atoms with Gasteiger partial charge in [0.2, 0.25) is 0 Å². The van der Waals surface area contributed by atoms with Crippen LogP contribution in [-0.4, -0.2) is 54.3 Å². The molecule has 0 bridgehead atoms. The van der Waals surface area contributed by atoms with E-state index in [1.54, 1.807) is 0 Å². The summed E-state index contributed by atoms with van der Waals surface area (Å²) in [6.07, 6.45) is 5.48. The van der Waals surface area contributed by atoms with Gasteiger partial charge in [-0.15, -0.1) is 0 Å². The van der Waals surface area contributed by atoms with Crippen molar-refractivity contribution in [3.8, 4) is 28.6 Å². The third-order valence-electron chi connectivity index (χ3n) is 4.25. The first-order valence-electron chi connectivity index (χ1n) is 8.34. The van der Waals surface area contributed by atoms with Crippen molar-refractivity contribution >= 4 is 17.1 Å². The summed E-state index contributed by atoms with van der Waals surface area (Å²) in [7, 11) is 0. The minimum Gasteiger partial charge on any atom is -0.506 e. The average molecular weight is 443 g/mol. The van der Waals surface area contributed by atoms with E-state index in [9.17, 15) is 40.6 Å². The molecule has 17 nitrogen and oxygen atoms in total. The van der Waals surface area contributed by atoms with Gasteiger partial charge in [0.15, 0.2) is 5.75 Å². The Bertz CT molecular complexity index is 1400. The van der Waals surface area contributed by atoms with Crippen molar-refractivity contribution in [2.45, 2.75) is 0 Å². The van der Waals surface area contributed by atoms with Gasteiger partial charge in [0, 0.05) is 6.07 Å². The van der Waals surface area contributed by atoms with Crippen molar-refractivity contribution in [2.24, 2.45) is 0 Å². The van der Waals surface area contributed by atoms with Crippen LogP contribution in [0.4, 0.5) is 17.1 Å². The first-order valence-corrected chi connectivity index (χ1v) is 8.34. The third kappa shape index (κ3) is 3.20. The molecule has 162 valence electrons. The summed E-state index contributed by atoms with van der Waals surface area (Å²) in [5.41, 5.74) is -2.21. The fourth-order valence-electron chi connectivity index (χ4n) is 2.84. The number of benzene rings is 1. The number of hydrogen-bond donors (Lipinski definition) is 2. The van der Waals surface area contributed by atoms with Gasteiger partial charge in [-0.1, -0.05) is 0 Å². The van der Waals surface area contributed by atoms with E-state index in [0.717, 1.165) is 57.3 Å². The van der Waals surface area contributed by atoms with Crippen molar-refractivity contribution in [1.29, 1.82) is 0 Å². The molecule has 0 spiro atoms. The second-order valence-corrected chi connectivity index (χ2v) is 6.16. The Morgan fingerprint density at radius 2 is 1.09 bits per heavy atom. The molecule has 0 radical (unpaired) electrons. The summed E-state index contributed by atoms with van der Waals surface area (Å²) in [5.74, 6) is -1.26. The summed E-state index contributed by atoms with van der Waals surface area (Å²) < 4.78 is 2.60. The summed E-state index contributed by atoms with van der Waals surface area (Å²) >= 11 is 0. The van der Waals surface area contributed by atoms with Crippen LogP contribution >= 0.6 is 0 Å². The van der Waals surface area contributed by atoms with Crippen LogP contribution in [-0.2, 0) is 0 Å². The van der Waals surface area contributed by atoms with E-state index in [0.29, 0.717) is 0 Å². The molecule has 2 N–H and O–H groups in total. The molecular weight excluding hydrogens is 434 g/mol. The lowest BCUT2D eigenvalue weighted by atomic mass is 10.2. The Hall–Kier alpha value is -5.35.